The van der Waals surface area contributed by atoms with E-state index in [0.717, 1.165) is 22.4 Å². The number of carbonyl (C=O) groups is 2. The molecule has 9 heteroatoms. The minimum Gasteiger partial charge on any atom is -0.356 e. The first-order valence-electron chi connectivity index (χ1n) is 9.97. The molecule has 0 spiro atoms. The Kier molecular flexibility index (Phi) is 5.89. The Morgan fingerprint density at radius 3 is 2.67 bits per heavy atom. The van der Waals surface area contributed by atoms with Crippen molar-refractivity contribution in [3.05, 3.63) is 54.5 Å². The monoisotopic (exact) mass is 408 g/mol. The zero-order valence-electron chi connectivity index (χ0n) is 16.4. The van der Waals surface area contributed by atoms with Gasteiger partial charge in [-0.2, -0.15) is 0 Å². The Balaban J connectivity index is 1.38. The van der Waals surface area contributed by atoms with Crippen LogP contribution in [0.4, 0.5) is 5.82 Å². The number of fused-ring (bicyclic) bond motifs is 1. The van der Waals surface area contributed by atoms with E-state index >= 15 is 0 Å². The third-order valence-corrected chi connectivity index (χ3v) is 5.52. The van der Waals surface area contributed by atoms with E-state index in [2.05, 4.69) is 25.2 Å². The van der Waals surface area contributed by atoms with Crippen molar-refractivity contribution in [3.8, 4) is 0 Å². The number of hydroxylamine groups is 1. The average molecular weight is 408 g/mol. The maximum atomic E-state index is 12.8. The lowest BCUT2D eigenvalue weighted by atomic mass is 9.95. The summed E-state index contributed by atoms with van der Waals surface area (Å²) in [5, 5.41) is 12.8. The fourth-order valence-corrected chi connectivity index (χ4v) is 3.89. The van der Waals surface area contributed by atoms with Crippen LogP contribution in [0.2, 0.25) is 0 Å². The van der Waals surface area contributed by atoms with E-state index in [9.17, 15) is 9.59 Å². The van der Waals surface area contributed by atoms with E-state index in [1.54, 1.807) is 5.48 Å². The van der Waals surface area contributed by atoms with Gasteiger partial charge < -0.3 is 15.2 Å². The van der Waals surface area contributed by atoms with Gasteiger partial charge in [-0.1, -0.05) is 30.3 Å². The third kappa shape index (κ3) is 4.25. The van der Waals surface area contributed by atoms with Crippen LogP contribution in [-0.4, -0.2) is 51.1 Å². The van der Waals surface area contributed by atoms with Crippen LogP contribution in [0.1, 0.15) is 18.4 Å². The van der Waals surface area contributed by atoms with Crippen LogP contribution in [-0.2, 0) is 16.0 Å². The number of nitrogens with one attached hydrogen (secondary N) is 3. The largest absolute Gasteiger partial charge is 0.356 e. The summed E-state index contributed by atoms with van der Waals surface area (Å²) in [7, 11) is 0. The molecule has 2 amide bonds. The molecule has 1 atom stereocenters. The topological polar surface area (TPSA) is 123 Å². The number of piperidine rings is 1. The van der Waals surface area contributed by atoms with E-state index in [1.807, 2.05) is 42.6 Å². The summed E-state index contributed by atoms with van der Waals surface area (Å²) in [5.74, 6) is -0.134. The molecule has 4 N–H and O–H groups in total. The van der Waals surface area contributed by atoms with Crippen molar-refractivity contribution in [2.75, 3.05) is 18.0 Å². The first-order valence-corrected chi connectivity index (χ1v) is 9.97. The van der Waals surface area contributed by atoms with Crippen molar-refractivity contribution in [2.24, 2.45) is 5.92 Å². The molecule has 2 aromatic heterocycles. The zero-order valence-corrected chi connectivity index (χ0v) is 16.4. The van der Waals surface area contributed by atoms with Crippen LogP contribution < -0.4 is 15.7 Å². The predicted molar refractivity (Wildman–Crippen MR) is 111 cm³/mol. The highest BCUT2D eigenvalue weighted by atomic mass is 16.5. The molecule has 0 saturated carbocycles. The molecule has 1 aliphatic rings. The second-order valence-corrected chi connectivity index (χ2v) is 7.43. The van der Waals surface area contributed by atoms with E-state index in [-0.39, 0.29) is 11.8 Å². The maximum absolute atomic E-state index is 12.8. The van der Waals surface area contributed by atoms with Gasteiger partial charge in [0.1, 0.15) is 23.8 Å². The van der Waals surface area contributed by atoms with Gasteiger partial charge in [-0.05, 0) is 24.5 Å². The molecule has 156 valence electrons. The number of hydrogen-bond donors (Lipinski definition) is 4. The molecule has 3 aromatic rings. The van der Waals surface area contributed by atoms with Crippen molar-refractivity contribution in [2.45, 2.75) is 25.3 Å². The standard InChI is InChI=1S/C21H24N6O3/c28-20(25-17(21(29)26-30)12-14-4-2-1-3-5-14)15-7-10-27(11-8-15)19-16-6-9-22-18(16)23-13-24-19/h1-6,9,13,15,17,30H,7-8,10-12H2,(H,25,28)(H,26,29)(H,22,23,24). The Morgan fingerprint density at radius 1 is 1.17 bits per heavy atom. The van der Waals surface area contributed by atoms with Crippen molar-refractivity contribution in [1.29, 1.82) is 0 Å². The van der Waals surface area contributed by atoms with Gasteiger partial charge in [0.2, 0.25) is 5.91 Å². The summed E-state index contributed by atoms with van der Waals surface area (Å²) in [6.07, 6.45) is 4.99. The van der Waals surface area contributed by atoms with E-state index < -0.39 is 11.9 Å². The summed E-state index contributed by atoms with van der Waals surface area (Å²) in [6, 6.07) is 10.5. The van der Waals surface area contributed by atoms with Crippen molar-refractivity contribution in [3.63, 3.8) is 0 Å². The molecule has 4 rings (SSSR count). The van der Waals surface area contributed by atoms with E-state index in [0.29, 0.717) is 32.4 Å². The lowest BCUT2D eigenvalue weighted by molar-refractivity contribution is -0.136. The number of hydrogen-bond acceptors (Lipinski definition) is 6. The SMILES string of the molecule is O=C(NC(Cc1ccccc1)C(=O)NO)C1CCN(c2ncnc3[nH]ccc23)CC1. The molecule has 0 radical (unpaired) electrons. The summed E-state index contributed by atoms with van der Waals surface area (Å²) < 4.78 is 0. The van der Waals surface area contributed by atoms with Gasteiger partial charge in [0.05, 0.1) is 5.39 Å². The number of aromatic amines is 1. The number of benzene rings is 1. The second-order valence-electron chi connectivity index (χ2n) is 7.43. The highest BCUT2D eigenvalue weighted by molar-refractivity contribution is 5.89. The molecule has 0 aliphatic carbocycles. The van der Waals surface area contributed by atoms with Gasteiger partial charge in [0.25, 0.3) is 5.91 Å². The Bertz CT molecular complexity index is 1010. The van der Waals surface area contributed by atoms with Crippen LogP contribution in [0, 0.1) is 5.92 Å². The molecule has 1 saturated heterocycles. The predicted octanol–water partition coefficient (Wildman–Crippen LogP) is 1.41. The van der Waals surface area contributed by atoms with Crippen LogP contribution in [0.15, 0.2) is 48.9 Å². The maximum Gasteiger partial charge on any atom is 0.266 e. The molecule has 30 heavy (non-hydrogen) atoms. The highest BCUT2D eigenvalue weighted by Crippen LogP contribution is 2.27. The summed E-state index contributed by atoms with van der Waals surface area (Å²) in [6.45, 7) is 1.37. The molecular formula is C21H24N6O3. The van der Waals surface area contributed by atoms with Crippen LogP contribution in [0.3, 0.4) is 0 Å². The lowest BCUT2D eigenvalue weighted by Gasteiger charge is -2.33. The number of aromatic nitrogens is 3. The highest BCUT2D eigenvalue weighted by Gasteiger charge is 2.29. The minimum atomic E-state index is -0.829. The van der Waals surface area contributed by atoms with Gasteiger partial charge in [-0.3, -0.25) is 14.8 Å². The zero-order chi connectivity index (χ0) is 20.9. The molecule has 1 fully saturated rings. The van der Waals surface area contributed by atoms with Crippen LogP contribution in [0.25, 0.3) is 11.0 Å². The van der Waals surface area contributed by atoms with Crippen molar-refractivity contribution in [1.82, 2.24) is 25.7 Å². The third-order valence-electron chi connectivity index (χ3n) is 5.52. The van der Waals surface area contributed by atoms with Gasteiger partial charge in [0.15, 0.2) is 0 Å². The number of H-pyrrole nitrogens is 1. The smallest absolute Gasteiger partial charge is 0.266 e. The van der Waals surface area contributed by atoms with E-state index in [1.165, 1.54) is 6.33 Å². The quantitative estimate of drug-likeness (QED) is 0.361. The second kappa shape index (κ2) is 8.91. The first kappa shape index (κ1) is 19.8. The molecule has 3 heterocycles. The Hall–Kier alpha value is -3.46. The summed E-state index contributed by atoms with van der Waals surface area (Å²) >= 11 is 0. The van der Waals surface area contributed by atoms with Crippen LogP contribution in [0.5, 0.6) is 0 Å². The number of rotatable bonds is 6. The molecular weight excluding hydrogens is 384 g/mol. The Labute approximate surface area is 173 Å². The normalized spacial score (nSPS) is 15.7. The fourth-order valence-electron chi connectivity index (χ4n) is 3.89. The number of amides is 2. The summed E-state index contributed by atoms with van der Waals surface area (Å²) in [4.78, 5) is 38.8. The van der Waals surface area contributed by atoms with Crippen molar-refractivity contribution >= 4 is 28.7 Å². The average Bonchev–Trinajstić information content (AvgIpc) is 3.28. The molecule has 0 bridgehead atoms. The van der Waals surface area contributed by atoms with Gasteiger partial charge in [0, 0.05) is 31.6 Å². The van der Waals surface area contributed by atoms with Crippen LogP contribution >= 0.6 is 0 Å². The summed E-state index contributed by atoms with van der Waals surface area (Å²) in [5.41, 5.74) is 3.35. The number of carbonyl (C=O) groups excluding carboxylic acids is 2. The molecule has 1 aliphatic heterocycles. The van der Waals surface area contributed by atoms with Crippen molar-refractivity contribution < 1.29 is 14.8 Å². The number of nitrogens with zero attached hydrogens (tertiary/aromatic N) is 3. The molecule has 9 nitrogen and oxygen atoms in total. The van der Waals surface area contributed by atoms with Gasteiger partial charge in [-0.15, -0.1) is 0 Å². The van der Waals surface area contributed by atoms with E-state index in [4.69, 9.17) is 5.21 Å². The first-order chi connectivity index (χ1) is 14.7. The molecule has 1 unspecified atom stereocenters. The molecule has 1 aromatic carbocycles. The lowest BCUT2D eigenvalue weighted by Crippen LogP contribution is -2.50. The fraction of sp³-hybridized carbons (Fsp3) is 0.333. The number of anilines is 1. The van der Waals surface area contributed by atoms with Gasteiger partial charge in [-0.25, -0.2) is 15.4 Å². The Morgan fingerprint density at radius 2 is 1.93 bits per heavy atom. The van der Waals surface area contributed by atoms with Gasteiger partial charge >= 0.3 is 0 Å². The minimum absolute atomic E-state index is 0.173.